The number of hydrogen-bond acceptors (Lipinski definition) is 4. The van der Waals surface area contributed by atoms with E-state index < -0.39 is 5.97 Å². The first-order chi connectivity index (χ1) is 13.9. The van der Waals surface area contributed by atoms with Crippen molar-refractivity contribution in [1.29, 1.82) is 0 Å². The Balaban J connectivity index is 2.17. The van der Waals surface area contributed by atoms with Gasteiger partial charge >= 0.3 is 5.97 Å². The van der Waals surface area contributed by atoms with Gasteiger partial charge in [-0.3, -0.25) is 9.69 Å². The number of amides is 1. The summed E-state index contributed by atoms with van der Waals surface area (Å²) < 4.78 is 10.6. The van der Waals surface area contributed by atoms with Gasteiger partial charge in [0, 0.05) is 16.9 Å². The number of carbonyl (C=O) groups excluding carboxylic acids is 2. The molecular formula is C24H25NO4. The van der Waals surface area contributed by atoms with Crippen LogP contribution in [0.1, 0.15) is 30.5 Å². The number of rotatable bonds is 5. The number of allylic oxidation sites excluding steroid dienone is 1. The summed E-state index contributed by atoms with van der Waals surface area (Å²) in [6, 6.07) is 13.2. The van der Waals surface area contributed by atoms with Crippen molar-refractivity contribution in [2.75, 3.05) is 18.6 Å². The molecular weight excluding hydrogens is 366 g/mol. The van der Waals surface area contributed by atoms with E-state index in [4.69, 9.17) is 9.47 Å². The van der Waals surface area contributed by atoms with Crippen LogP contribution in [0.25, 0.3) is 6.08 Å². The maximum atomic E-state index is 13.4. The number of hydrogen-bond donors (Lipinski definition) is 0. The lowest BCUT2D eigenvalue weighted by molar-refractivity contribution is -0.138. The highest BCUT2D eigenvalue weighted by atomic mass is 16.5. The van der Waals surface area contributed by atoms with Crippen LogP contribution < -0.4 is 9.64 Å². The lowest BCUT2D eigenvalue weighted by atomic mass is 10.0. The highest BCUT2D eigenvalue weighted by Crippen LogP contribution is 2.37. The number of methoxy groups -OCH3 is 1. The molecule has 0 radical (unpaired) electrons. The summed E-state index contributed by atoms with van der Waals surface area (Å²) in [5.41, 5.74) is 4.78. The minimum atomic E-state index is -0.508. The Kier molecular flexibility index (Phi) is 5.87. The van der Waals surface area contributed by atoms with E-state index in [1.54, 1.807) is 31.9 Å². The van der Waals surface area contributed by atoms with E-state index in [0.717, 1.165) is 22.4 Å². The third-order valence-electron chi connectivity index (χ3n) is 5.07. The number of anilines is 1. The summed E-state index contributed by atoms with van der Waals surface area (Å²) in [6.45, 7) is 7.76. The summed E-state index contributed by atoms with van der Waals surface area (Å²) in [4.78, 5) is 27.7. The number of carbonyl (C=O) groups is 2. The highest BCUT2D eigenvalue weighted by molar-refractivity contribution is 6.24. The molecule has 150 valence electrons. The van der Waals surface area contributed by atoms with Gasteiger partial charge in [-0.15, -0.1) is 0 Å². The van der Waals surface area contributed by atoms with Crippen LogP contribution in [-0.4, -0.2) is 25.6 Å². The third kappa shape index (κ3) is 3.81. The molecule has 2 aromatic rings. The van der Waals surface area contributed by atoms with E-state index in [9.17, 15) is 9.59 Å². The van der Waals surface area contributed by atoms with E-state index in [1.807, 2.05) is 56.3 Å². The normalized spacial score (nSPS) is 15.3. The lowest BCUT2D eigenvalue weighted by Crippen LogP contribution is -2.24. The van der Waals surface area contributed by atoms with Gasteiger partial charge in [0.2, 0.25) is 0 Å². The largest absolute Gasteiger partial charge is 0.496 e. The first-order valence-corrected chi connectivity index (χ1v) is 9.53. The second kappa shape index (κ2) is 8.35. The molecule has 1 heterocycles. The zero-order chi connectivity index (χ0) is 21.1. The Hall–Kier alpha value is -3.34. The fourth-order valence-corrected chi connectivity index (χ4v) is 3.40. The van der Waals surface area contributed by atoms with Gasteiger partial charge in [0.1, 0.15) is 5.75 Å². The monoisotopic (exact) mass is 391 g/mol. The molecule has 0 unspecified atom stereocenters. The standard InChI is InChI=1S/C24H25NO4/c1-6-29-24(27)22-17(4)25(19-12-11-15(2)16(3)13-19)23(26)20(22)14-18-9-7-8-10-21(18)28-5/h7-14H,6H2,1-5H3. The predicted octanol–water partition coefficient (Wildman–Crippen LogP) is 4.58. The van der Waals surface area contributed by atoms with Gasteiger partial charge in [0.05, 0.1) is 24.9 Å². The number of aryl methyl sites for hydroxylation is 2. The van der Waals surface area contributed by atoms with Crippen LogP contribution in [0.2, 0.25) is 0 Å². The van der Waals surface area contributed by atoms with Crippen molar-refractivity contribution in [3.8, 4) is 5.75 Å². The molecule has 5 nitrogen and oxygen atoms in total. The van der Waals surface area contributed by atoms with Crippen LogP contribution in [0.15, 0.2) is 59.3 Å². The Morgan fingerprint density at radius 2 is 1.79 bits per heavy atom. The Labute approximate surface area is 171 Å². The zero-order valence-electron chi connectivity index (χ0n) is 17.4. The molecule has 0 bridgehead atoms. The minimum Gasteiger partial charge on any atom is -0.496 e. The van der Waals surface area contributed by atoms with Crippen LogP contribution in [0.5, 0.6) is 5.75 Å². The number of ether oxygens (including phenoxy) is 2. The molecule has 0 atom stereocenters. The molecule has 0 saturated carbocycles. The molecule has 0 saturated heterocycles. The molecule has 3 rings (SSSR count). The molecule has 1 amide bonds. The molecule has 1 aliphatic rings. The predicted molar refractivity (Wildman–Crippen MR) is 114 cm³/mol. The van der Waals surface area contributed by atoms with E-state index >= 15 is 0 Å². The van der Waals surface area contributed by atoms with Crippen molar-refractivity contribution in [3.05, 3.63) is 76.0 Å². The highest BCUT2D eigenvalue weighted by Gasteiger charge is 2.38. The topological polar surface area (TPSA) is 55.8 Å². The first kappa shape index (κ1) is 20.4. The summed E-state index contributed by atoms with van der Waals surface area (Å²) in [5, 5.41) is 0. The number of nitrogens with zero attached hydrogens (tertiary/aromatic N) is 1. The average molecular weight is 391 g/mol. The molecule has 0 fully saturated rings. The van der Waals surface area contributed by atoms with Crippen LogP contribution in [0, 0.1) is 13.8 Å². The van der Waals surface area contributed by atoms with Gasteiger partial charge in [0.25, 0.3) is 5.91 Å². The van der Waals surface area contributed by atoms with Crippen LogP contribution in [-0.2, 0) is 14.3 Å². The molecule has 5 heteroatoms. The maximum Gasteiger partial charge on any atom is 0.340 e. The second-order valence-electron chi connectivity index (χ2n) is 6.89. The molecule has 2 aromatic carbocycles. The quantitative estimate of drug-likeness (QED) is 0.553. The van der Waals surface area contributed by atoms with Gasteiger partial charge in [-0.05, 0) is 63.1 Å². The number of benzene rings is 2. The molecule has 0 aromatic heterocycles. The van der Waals surface area contributed by atoms with Crippen molar-refractivity contribution in [2.45, 2.75) is 27.7 Å². The lowest BCUT2D eigenvalue weighted by Gasteiger charge is -2.19. The van der Waals surface area contributed by atoms with Crippen molar-refractivity contribution >= 4 is 23.6 Å². The van der Waals surface area contributed by atoms with Crippen molar-refractivity contribution in [3.63, 3.8) is 0 Å². The third-order valence-corrected chi connectivity index (χ3v) is 5.07. The summed E-state index contributed by atoms with van der Waals surface area (Å²) in [6.07, 6.45) is 1.69. The second-order valence-corrected chi connectivity index (χ2v) is 6.89. The SMILES string of the molecule is CCOC(=O)C1=C(C)N(c2ccc(C)c(C)c2)C(=O)C1=Cc1ccccc1OC. The molecule has 0 spiro atoms. The number of para-hydroxylation sites is 1. The van der Waals surface area contributed by atoms with Crippen molar-refractivity contribution in [2.24, 2.45) is 0 Å². The smallest absolute Gasteiger partial charge is 0.340 e. The molecule has 1 aliphatic heterocycles. The van der Waals surface area contributed by atoms with E-state index in [1.165, 1.54) is 0 Å². The number of esters is 1. The Morgan fingerprint density at radius 1 is 1.07 bits per heavy atom. The van der Waals surface area contributed by atoms with Gasteiger partial charge < -0.3 is 9.47 Å². The van der Waals surface area contributed by atoms with E-state index in [-0.39, 0.29) is 18.1 Å². The average Bonchev–Trinajstić information content (AvgIpc) is 2.94. The van der Waals surface area contributed by atoms with E-state index in [2.05, 4.69) is 0 Å². The summed E-state index contributed by atoms with van der Waals surface area (Å²) in [5.74, 6) is -0.149. The van der Waals surface area contributed by atoms with Crippen molar-refractivity contribution in [1.82, 2.24) is 0 Å². The van der Waals surface area contributed by atoms with Gasteiger partial charge in [0.15, 0.2) is 0 Å². The summed E-state index contributed by atoms with van der Waals surface area (Å²) >= 11 is 0. The molecule has 0 aliphatic carbocycles. The van der Waals surface area contributed by atoms with Crippen LogP contribution in [0.3, 0.4) is 0 Å². The van der Waals surface area contributed by atoms with E-state index in [0.29, 0.717) is 17.0 Å². The molecule has 29 heavy (non-hydrogen) atoms. The fourth-order valence-electron chi connectivity index (χ4n) is 3.40. The Morgan fingerprint density at radius 3 is 2.45 bits per heavy atom. The maximum absolute atomic E-state index is 13.4. The zero-order valence-corrected chi connectivity index (χ0v) is 17.4. The van der Waals surface area contributed by atoms with Gasteiger partial charge in [-0.25, -0.2) is 4.79 Å². The van der Waals surface area contributed by atoms with Gasteiger partial charge in [-0.2, -0.15) is 0 Å². The van der Waals surface area contributed by atoms with Crippen LogP contribution >= 0.6 is 0 Å². The molecule has 0 N–H and O–H groups in total. The minimum absolute atomic E-state index is 0.232. The Bertz CT molecular complexity index is 1030. The van der Waals surface area contributed by atoms with Crippen LogP contribution in [0.4, 0.5) is 5.69 Å². The van der Waals surface area contributed by atoms with Gasteiger partial charge in [-0.1, -0.05) is 24.3 Å². The summed E-state index contributed by atoms with van der Waals surface area (Å²) in [7, 11) is 1.57. The first-order valence-electron chi connectivity index (χ1n) is 9.53. The van der Waals surface area contributed by atoms with Crippen molar-refractivity contribution < 1.29 is 19.1 Å². The fraction of sp³-hybridized carbons (Fsp3) is 0.250.